The van der Waals surface area contributed by atoms with Crippen LogP contribution in [0.3, 0.4) is 0 Å². The number of rotatable bonds is 6. The molecule has 0 spiro atoms. The van der Waals surface area contributed by atoms with Crippen molar-refractivity contribution in [3.05, 3.63) is 63.9 Å². The van der Waals surface area contributed by atoms with Gasteiger partial charge in [-0.3, -0.25) is 9.59 Å². The van der Waals surface area contributed by atoms with Crippen molar-refractivity contribution in [2.45, 2.75) is 35.4 Å². The summed E-state index contributed by atoms with van der Waals surface area (Å²) in [5.74, 6) is -5.47. The fourth-order valence-electron chi connectivity index (χ4n) is 3.45. The van der Waals surface area contributed by atoms with Crippen LogP contribution in [-0.2, 0) is 11.0 Å². The van der Waals surface area contributed by atoms with Gasteiger partial charge in [-0.2, -0.15) is 26.3 Å². The summed E-state index contributed by atoms with van der Waals surface area (Å²) in [6.45, 7) is 0. The van der Waals surface area contributed by atoms with Crippen molar-refractivity contribution in [1.82, 2.24) is 0 Å². The molecule has 13 heteroatoms. The van der Waals surface area contributed by atoms with Crippen LogP contribution in [0.2, 0.25) is 5.02 Å². The molecular weight excluding hydrogens is 538 g/mol. The molecule has 0 aliphatic heterocycles. The van der Waals surface area contributed by atoms with Crippen LogP contribution < -0.4 is 5.32 Å². The maximum atomic E-state index is 13.9. The van der Waals surface area contributed by atoms with Crippen molar-refractivity contribution in [2.24, 2.45) is 5.92 Å². The van der Waals surface area contributed by atoms with Gasteiger partial charge in [-0.15, -0.1) is 23.2 Å². The van der Waals surface area contributed by atoms with E-state index in [9.17, 15) is 40.3 Å². The first-order valence-corrected chi connectivity index (χ1v) is 10.6. The molecule has 184 valence electrons. The predicted molar refractivity (Wildman–Crippen MR) is 112 cm³/mol. The van der Waals surface area contributed by atoms with Gasteiger partial charge in [-0.1, -0.05) is 17.7 Å². The van der Waals surface area contributed by atoms with Gasteiger partial charge in [0.1, 0.15) is 10.2 Å². The second-order valence-electron chi connectivity index (χ2n) is 7.59. The van der Waals surface area contributed by atoms with E-state index in [4.69, 9.17) is 34.8 Å². The molecule has 3 nitrogen and oxygen atoms in total. The van der Waals surface area contributed by atoms with E-state index in [1.54, 1.807) is 0 Å². The van der Waals surface area contributed by atoms with Gasteiger partial charge in [0.05, 0.1) is 22.9 Å². The number of hydrogen-bond acceptors (Lipinski definition) is 2. The van der Waals surface area contributed by atoms with Crippen molar-refractivity contribution in [2.75, 3.05) is 5.32 Å². The van der Waals surface area contributed by atoms with Crippen LogP contribution in [0.15, 0.2) is 36.4 Å². The van der Waals surface area contributed by atoms with E-state index in [1.807, 2.05) is 0 Å². The molecule has 2 unspecified atom stereocenters. The number of anilines is 1. The van der Waals surface area contributed by atoms with Crippen molar-refractivity contribution in [1.29, 1.82) is 0 Å². The van der Waals surface area contributed by atoms with Gasteiger partial charge >= 0.3 is 12.4 Å². The number of alkyl halides is 8. The Balaban J connectivity index is 1.76. The molecule has 2 aromatic rings. The fourth-order valence-corrected chi connectivity index (χ4v) is 4.50. The molecule has 1 saturated carbocycles. The minimum atomic E-state index is -4.91. The molecule has 1 N–H and O–H groups in total. The molecule has 1 aliphatic rings. The third kappa shape index (κ3) is 5.78. The van der Waals surface area contributed by atoms with E-state index in [0.717, 1.165) is 12.1 Å². The number of carbonyl (C=O) groups is 2. The number of Topliss-reactive ketones (excluding diaryl/α,β-unsaturated/α-hetero) is 1. The quantitative estimate of drug-likeness (QED) is 0.229. The normalized spacial score (nSPS) is 19.6. The SMILES string of the molecule is O=C(CCC(F)(F)F)c1cc(NC(=O)C2C(c3ccc(C(F)(F)F)c(F)c3)C2(Cl)Cl)ccc1Cl. The summed E-state index contributed by atoms with van der Waals surface area (Å²) in [5.41, 5.74) is -1.77. The molecule has 2 atom stereocenters. The third-order valence-corrected chi connectivity index (χ3v) is 6.43. The number of nitrogens with one attached hydrogen (secondary N) is 1. The highest BCUT2D eigenvalue weighted by molar-refractivity contribution is 6.53. The van der Waals surface area contributed by atoms with Crippen LogP contribution in [-0.4, -0.2) is 22.2 Å². The highest BCUT2D eigenvalue weighted by Gasteiger charge is 2.67. The molecule has 1 fully saturated rings. The van der Waals surface area contributed by atoms with Crippen LogP contribution >= 0.6 is 34.8 Å². The molecular formula is C21H13Cl3F7NO2. The summed E-state index contributed by atoms with van der Waals surface area (Å²) in [7, 11) is 0. The average Bonchev–Trinajstić information content (AvgIpc) is 3.28. The second kappa shape index (κ2) is 9.20. The van der Waals surface area contributed by atoms with Crippen molar-refractivity contribution >= 4 is 52.2 Å². The predicted octanol–water partition coefficient (Wildman–Crippen LogP) is 7.55. The monoisotopic (exact) mass is 549 g/mol. The number of halogens is 10. The maximum Gasteiger partial charge on any atom is 0.419 e. The molecule has 0 saturated heterocycles. The zero-order chi connectivity index (χ0) is 25.6. The molecule has 0 aromatic heterocycles. The van der Waals surface area contributed by atoms with Crippen molar-refractivity contribution < 1.29 is 40.3 Å². The minimum absolute atomic E-state index is 0.00172. The van der Waals surface area contributed by atoms with E-state index < -0.39 is 64.4 Å². The number of hydrogen-bond donors (Lipinski definition) is 1. The van der Waals surface area contributed by atoms with Crippen LogP contribution in [0.4, 0.5) is 36.4 Å². The average molecular weight is 551 g/mol. The van der Waals surface area contributed by atoms with Gasteiger partial charge in [0, 0.05) is 23.6 Å². The van der Waals surface area contributed by atoms with Gasteiger partial charge in [0.25, 0.3) is 0 Å². The van der Waals surface area contributed by atoms with Crippen molar-refractivity contribution in [3.63, 3.8) is 0 Å². The van der Waals surface area contributed by atoms with Crippen LogP contribution in [0, 0.1) is 11.7 Å². The Morgan fingerprint density at radius 2 is 1.65 bits per heavy atom. The van der Waals surface area contributed by atoms with Gasteiger partial charge in [0.2, 0.25) is 5.91 Å². The lowest BCUT2D eigenvalue weighted by atomic mass is 10.0. The Kier molecular flexibility index (Phi) is 7.19. The van der Waals surface area contributed by atoms with E-state index in [1.165, 1.54) is 12.1 Å². The lowest BCUT2D eigenvalue weighted by molar-refractivity contribution is -0.140. The Morgan fingerprint density at radius 3 is 2.21 bits per heavy atom. The van der Waals surface area contributed by atoms with Crippen LogP contribution in [0.25, 0.3) is 0 Å². The van der Waals surface area contributed by atoms with Gasteiger partial charge in [0.15, 0.2) is 5.78 Å². The molecule has 2 aromatic carbocycles. The highest BCUT2D eigenvalue weighted by atomic mass is 35.5. The summed E-state index contributed by atoms with van der Waals surface area (Å²) in [6.07, 6.45) is -11.7. The summed E-state index contributed by atoms with van der Waals surface area (Å²) < 4.78 is 87.7. The molecule has 1 aliphatic carbocycles. The van der Waals surface area contributed by atoms with Crippen LogP contribution in [0.5, 0.6) is 0 Å². The molecule has 3 rings (SSSR count). The Labute approximate surface area is 203 Å². The summed E-state index contributed by atoms with van der Waals surface area (Å²) >= 11 is 18.1. The Hall–Kier alpha value is -2.04. The number of ketones is 1. The molecule has 34 heavy (non-hydrogen) atoms. The highest BCUT2D eigenvalue weighted by Crippen LogP contribution is 2.65. The van der Waals surface area contributed by atoms with Crippen LogP contribution in [0.1, 0.15) is 40.2 Å². The van der Waals surface area contributed by atoms with E-state index in [2.05, 4.69) is 5.32 Å². The summed E-state index contributed by atoms with van der Waals surface area (Å²) in [5, 5.41) is 2.26. The smallest absolute Gasteiger partial charge is 0.326 e. The number of carbonyl (C=O) groups excluding carboxylic acids is 2. The topological polar surface area (TPSA) is 46.2 Å². The fraction of sp³-hybridized carbons (Fsp3) is 0.333. The Morgan fingerprint density at radius 1 is 1.00 bits per heavy atom. The zero-order valence-corrected chi connectivity index (χ0v) is 18.9. The van der Waals surface area contributed by atoms with Crippen molar-refractivity contribution in [3.8, 4) is 0 Å². The summed E-state index contributed by atoms with van der Waals surface area (Å²) in [6, 6.07) is 5.63. The lowest BCUT2D eigenvalue weighted by Crippen LogP contribution is -2.17. The maximum absolute atomic E-state index is 13.9. The minimum Gasteiger partial charge on any atom is -0.326 e. The molecule has 0 bridgehead atoms. The standard InChI is InChI=1S/C21H13Cl3F7NO2/c22-13-4-2-10(8-11(13)15(33)5-6-19(26,27)28)32-18(34)17-16(20(17,23)24)9-1-3-12(14(25)7-9)21(29,30)31/h1-4,7-8,16-17H,5-6H2,(H,32,34). The first kappa shape index (κ1) is 26.6. The third-order valence-electron chi connectivity index (χ3n) is 5.16. The number of amides is 1. The zero-order valence-electron chi connectivity index (χ0n) is 16.6. The first-order valence-electron chi connectivity index (χ1n) is 9.47. The molecule has 1 amide bonds. The van der Waals surface area contributed by atoms with E-state index in [0.29, 0.717) is 12.1 Å². The van der Waals surface area contributed by atoms with Gasteiger partial charge < -0.3 is 5.32 Å². The van der Waals surface area contributed by atoms with E-state index >= 15 is 0 Å². The first-order chi connectivity index (χ1) is 15.5. The van der Waals surface area contributed by atoms with E-state index in [-0.39, 0.29) is 21.8 Å². The largest absolute Gasteiger partial charge is 0.419 e. The lowest BCUT2D eigenvalue weighted by Gasteiger charge is -2.10. The second-order valence-corrected chi connectivity index (χ2v) is 9.44. The van der Waals surface area contributed by atoms with Gasteiger partial charge in [-0.05, 0) is 35.9 Å². The van der Waals surface area contributed by atoms with Gasteiger partial charge in [-0.25, -0.2) is 4.39 Å². The Bertz CT molecular complexity index is 1130. The number of benzene rings is 2. The molecule has 0 heterocycles. The summed E-state index contributed by atoms with van der Waals surface area (Å²) in [4.78, 5) is 24.8. The molecule has 0 radical (unpaired) electrons.